The van der Waals surface area contributed by atoms with Gasteiger partial charge in [0.05, 0.1) is 47.1 Å². The van der Waals surface area contributed by atoms with Crippen LogP contribution in [0.15, 0.2) is 182 Å². The van der Waals surface area contributed by atoms with Gasteiger partial charge in [-0.2, -0.15) is 0 Å². The zero-order valence-corrected chi connectivity index (χ0v) is 35.7. The fourth-order valence-electron chi connectivity index (χ4n) is 8.07. The third-order valence-corrected chi connectivity index (χ3v) is 10.4. The quantitative estimate of drug-likeness (QED) is 0.107. The monoisotopic (exact) mass is 835 g/mol. The largest absolute Gasteiger partial charge is 0.458 e. The Hall–Kier alpha value is -7.24. The highest BCUT2D eigenvalue weighted by atomic mass is 16.5. The van der Waals surface area contributed by atoms with Gasteiger partial charge in [0.1, 0.15) is 17.3 Å². The number of aromatic nitrogens is 4. The molecular weight excluding hydrogens is 769 g/mol. The van der Waals surface area contributed by atoms with E-state index in [2.05, 4.69) is 6.33 Å². The van der Waals surface area contributed by atoms with Gasteiger partial charge in [-0.15, -0.1) is 0 Å². The number of hydrogen-bond donors (Lipinski definition) is 0. The van der Waals surface area contributed by atoms with Gasteiger partial charge in [-0.1, -0.05) is 157 Å². The predicted molar refractivity (Wildman–Crippen MR) is 259 cm³/mol. The van der Waals surface area contributed by atoms with Crippen LogP contribution < -0.4 is 9.30 Å². The van der Waals surface area contributed by atoms with Gasteiger partial charge in [0.25, 0.3) is 6.33 Å². The number of pyridine rings is 1. The summed E-state index contributed by atoms with van der Waals surface area (Å²) in [5.74, 6) is 1.32. The second-order valence-corrected chi connectivity index (χ2v) is 17.5. The van der Waals surface area contributed by atoms with Crippen molar-refractivity contribution in [3.8, 4) is 50.9 Å². The summed E-state index contributed by atoms with van der Waals surface area (Å²) in [4.78, 5) is 4.77. The highest BCUT2D eigenvalue weighted by Crippen LogP contribution is 2.38. The Morgan fingerprint density at radius 2 is 1.25 bits per heavy atom. The number of para-hydroxylation sites is 3. The smallest absolute Gasteiger partial charge is 0.269 e. The zero-order valence-electron chi connectivity index (χ0n) is 49.7. The van der Waals surface area contributed by atoms with Crippen LogP contribution in [0.3, 0.4) is 0 Å². The molecule has 10 rings (SSSR count). The fourth-order valence-corrected chi connectivity index (χ4v) is 8.07. The number of hydrogen-bond acceptors (Lipinski definition) is 2. The average Bonchev–Trinajstić information content (AvgIpc) is 4.07. The highest BCUT2D eigenvalue weighted by molar-refractivity contribution is 6.09. The number of imidazole rings is 1. The van der Waals surface area contributed by atoms with Crippen molar-refractivity contribution in [3.05, 3.63) is 199 Å². The molecule has 3 aromatic heterocycles. The summed E-state index contributed by atoms with van der Waals surface area (Å²) in [7, 11) is 0. The van der Waals surface area contributed by atoms with Gasteiger partial charge in [-0.25, -0.2) is 4.98 Å². The molecule has 10 aromatic rings. The van der Waals surface area contributed by atoms with E-state index in [1.807, 2.05) is 94.6 Å². The van der Waals surface area contributed by atoms with E-state index >= 15 is 0 Å². The summed E-state index contributed by atoms with van der Waals surface area (Å²) in [5, 5.41) is 1.57. The standard InChI is InChI=1S/C58H52N4O/c1-57(2,3)37-40-27-30-51-50(33-40)49-29-28-46(36-54(49)62(51)55-34-41(31-32-59-55)38-58(4,5)6)63-45-22-15-21-44(35-45)60-39-61(53-26-14-13-25-52(53)60)56-47(42-17-9-7-10-18-42)23-16-24-48(56)43-19-11-8-12-20-43/h7-36H,37-38H2,1-6H3/i7D,8D,9D,10D,11D,12D,17D,18D,19D,20D,37D2,38D2. The number of ether oxygens (including phenoxy) is 1. The lowest BCUT2D eigenvalue weighted by Crippen LogP contribution is -2.31. The molecule has 0 unspecified atom stereocenters. The van der Waals surface area contributed by atoms with E-state index in [0.717, 1.165) is 16.3 Å². The number of fused-ring (bicyclic) bond motifs is 4. The average molecular weight is 835 g/mol. The second kappa shape index (κ2) is 15.9. The maximum atomic E-state index is 9.13. The summed E-state index contributed by atoms with van der Waals surface area (Å²) in [6, 6.07) is 28.3. The van der Waals surface area contributed by atoms with Crippen molar-refractivity contribution >= 4 is 32.8 Å². The first-order chi connectivity index (χ1) is 36.1. The van der Waals surface area contributed by atoms with E-state index in [1.165, 1.54) is 0 Å². The maximum absolute atomic E-state index is 9.13. The molecule has 0 aliphatic heterocycles. The normalized spacial score (nSPS) is 15.7. The summed E-state index contributed by atoms with van der Waals surface area (Å²) >= 11 is 0. The predicted octanol–water partition coefficient (Wildman–Crippen LogP) is 14.5. The molecule has 0 aliphatic carbocycles. The molecule has 5 nitrogen and oxygen atoms in total. The first-order valence-corrected chi connectivity index (χ1v) is 20.7. The molecule has 0 radical (unpaired) electrons. The Kier molecular flexibility index (Phi) is 6.80. The van der Waals surface area contributed by atoms with Gasteiger partial charge >= 0.3 is 0 Å². The van der Waals surface area contributed by atoms with Gasteiger partial charge in [0.2, 0.25) is 0 Å². The van der Waals surface area contributed by atoms with Crippen molar-refractivity contribution in [2.24, 2.45) is 10.8 Å². The molecule has 63 heavy (non-hydrogen) atoms. The molecule has 310 valence electrons. The molecule has 0 amide bonds. The van der Waals surface area contributed by atoms with E-state index in [-0.39, 0.29) is 27.9 Å². The van der Waals surface area contributed by atoms with Crippen LogP contribution in [0.2, 0.25) is 0 Å². The third-order valence-electron chi connectivity index (χ3n) is 10.4. The SMILES string of the molecule is [2H]c1c([2H])c([2H])c(-c2cccc(-c3c([2H])c([2H])c([2H])c([2H])c3[2H])c2-[n+]2[c-]n(-c3cccc(Oc4ccc5c6cc(C([2H])([2H])C(C)(C)C)ccc6n(-c6cc(C([2H])([2H])C(C)(C)C)ccn6)c5c4)c3)c3ccccc32)c([2H])c1[2H]. The molecule has 0 bridgehead atoms. The minimum atomic E-state index is -1.72. The Morgan fingerprint density at radius 3 is 1.95 bits per heavy atom. The third kappa shape index (κ3) is 8.03. The minimum absolute atomic E-state index is 0.124. The van der Waals surface area contributed by atoms with Crippen molar-refractivity contribution in [2.75, 3.05) is 0 Å². The van der Waals surface area contributed by atoms with Gasteiger partial charge in [0, 0.05) is 28.5 Å². The molecule has 0 saturated carbocycles. The molecule has 0 aliphatic rings. The van der Waals surface area contributed by atoms with E-state index < -0.39 is 84.0 Å². The van der Waals surface area contributed by atoms with Gasteiger partial charge in [-0.3, -0.25) is 13.7 Å². The molecule has 0 spiro atoms. The lowest BCUT2D eigenvalue weighted by Gasteiger charge is -2.19. The van der Waals surface area contributed by atoms with Crippen LogP contribution in [0, 0.1) is 17.2 Å². The zero-order chi connectivity index (χ0) is 55.6. The molecule has 3 heterocycles. The summed E-state index contributed by atoms with van der Waals surface area (Å²) in [5.41, 5.74) is 2.66. The lowest BCUT2D eigenvalue weighted by atomic mass is 9.88. The first kappa shape index (κ1) is 27.0. The van der Waals surface area contributed by atoms with Crippen LogP contribution in [0.1, 0.15) is 71.9 Å². The van der Waals surface area contributed by atoms with Crippen molar-refractivity contribution in [1.82, 2.24) is 14.1 Å². The maximum Gasteiger partial charge on any atom is 0.269 e. The van der Waals surface area contributed by atoms with Crippen LogP contribution in [-0.2, 0) is 12.7 Å². The Balaban J connectivity index is 1.15. The van der Waals surface area contributed by atoms with Gasteiger partial charge < -0.3 is 4.74 Å². The van der Waals surface area contributed by atoms with Crippen LogP contribution in [0.4, 0.5) is 0 Å². The summed E-state index contributed by atoms with van der Waals surface area (Å²) in [6.45, 7) is 11.1. The van der Waals surface area contributed by atoms with Crippen molar-refractivity contribution < 1.29 is 28.5 Å². The molecule has 7 aromatic carbocycles. The van der Waals surface area contributed by atoms with Gasteiger partial charge in [-0.05, 0) is 112 Å². The van der Waals surface area contributed by atoms with Crippen molar-refractivity contribution in [1.29, 1.82) is 0 Å². The van der Waals surface area contributed by atoms with E-state index in [9.17, 15) is 0 Å². The first-order valence-electron chi connectivity index (χ1n) is 27.7. The van der Waals surface area contributed by atoms with Crippen molar-refractivity contribution in [3.63, 3.8) is 0 Å². The van der Waals surface area contributed by atoms with Crippen LogP contribution in [0.25, 0.3) is 72.3 Å². The Morgan fingerprint density at radius 1 is 0.603 bits per heavy atom. The van der Waals surface area contributed by atoms with Crippen LogP contribution in [0.5, 0.6) is 11.5 Å². The van der Waals surface area contributed by atoms with E-state index in [1.54, 1.807) is 82.1 Å². The number of rotatable bonds is 9. The molecular formula is C58H52N4O. The molecule has 0 saturated heterocycles. The highest BCUT2D eigenvalue weighted by Gasteiger charge is 2.21. The lowest BCUT2D eigenvalue weighted by molar-refractivity contribution is -0.571. The molecule has 0 atom stereocenters. The number of benzene rings is 7. The van der Waals surface area contributed by atoms with Crippen LogP contribution >= 0.6 is 0 Å². The van der Waals surface area contributed by atoms with E-state index in [0.29, 0.717) is 50.7 Å². The topological polar surface area (TPSA) is 35.9 Å². The minimum Gasteiger partial charge on any atom is -0.458 e. The van der Waals surface area contributed by atoms with E-state index in [4.69, 9.17) is 28.9 Å². The summed E-state index contributed by atoms with van der Waals surface area (Å²) in [6.07, 6.45) is 1.60. The Labute approximate surface area is 390 Å². The summed E-state index contributed by atoms with van der Waals surface area (Å²) < 4.78 is 136. The van der Waals surface area contributed by atoms with Gasteiger partial charge in [0.15, 0.2) is 0 Å². The van der Waals surface area contributed by atoms with Crippen LogP contribution in [-0.4, -0.2) is 14.1 Å². The van der Waals surface area contributed by atoms with Crippen molar-refractivity contribution in [2.45, 2.75) is 54.3 Å². The molecule has 5 heteroatoms. The molecule has 0 N–H and O–H groups in total. The molecule has 0 fully saturated rings. The second-order valence-electron chi connectivity index (χ2n) is 17.5. The Bertz CT molecular complexity index is 3930. The number of nitrogens with zero attached hydrogens (tertiary/aromatic N) is 4. The fraction of sp³-hybridized carbons (Fsp3) is 0.172.